The molecule has 2 N–H and O–H groups in total. The van der Waals surface area contributed by atoms with Crippen molar-refractivity contribution >= 4 is 28.2 Å². The van der Waals surface area contributed by atoms with Gasteiger partial charge in [-0.1, -0.05) is 43.3 Å². The third-order valence-corrected chi connectivity index (χ3v) is 5.34. The molecule has 1 unspecified atom stereocenters. The summed E-state index contributed by atoms with van der Waals surface area (Å²) in [7, 11) is 0. The molecule has 0 bridgehead atoms. The molecule has 1 aromatic heterocycles. The maximum atomic E-state index is 13.3. The molecule has 3 aromatic rings. The minimum absolute atomic E-state index is 0.0425. The van der Waals surface area contributed by atoms with Gasteiger partial charge >= 0.3 is 0 Å². The van der Waals surface area contributed by atoms with Gasteiger partial charge in [0.25, 0.3) is 5.91 Å². The van der Waals surface area contributed by atoms with Crippen molar-refractivity contribution in [1.29, 1.82) is 0 Å². The van der Waals surface area contributed by atoms with E-state index in [1.807, 2.05) is 37.3 Å². The zero-order valence-electron chi connectivity index (χ0n) is 15.7. The summed E-state index contributed by atoms with van der Waals surface area (Å²) in [6, 6.07) is 14.5. The largest absolute Gasteiger partial charge is 0.348 e. The predicted octanol–water partition coefficient (Wildman–Crippen LogP) is 5.09. The van der Waals surface area contributed by atoms with Crippen molar-refractivity contribution in [2.75, 3.05) is 5.32 Å². The summed E-state index contributed by atoms with van der Waals surface area (Å²) in [5.41, 5.74) is 1.68. The van der Waals surface area contributed by atoms with Gasteiger partial charge in [0, 0.05) is 6.54 Å². The normalized spacial score (nSPS) is 11.7. The van der Waals surface area contributed by atoms with E-state index in [1.165, 1.54) is 17.4 Å². The summed E-state index contributed by atoms with van der Waals surface area (Å²) < 4.78 is 26.3. The quantitative estimate of drug-likeness (QED) is 0.566. The number of benzene rings is 2. The molecule has 0 saturated heterocycles. The molecule has 29 heavy (non-hydrogen) atoms. The minimum atomic E-state index is -0.966. The van der Waals surface area contributed by atoms with Crippen molar-refractivity contribution in [1.82, 2.24) is 5.32 Å². The van der Waals surface area contributed by atoms with Gasteiger partial charge < -0.3 is 10.6 Å². The first-order valence-electron chi connectivity index (χ1n) is 9.15. The Morgan fingerprint density at radius 3 is 2.48 bits per heavy atom. The molecule has 150 valence electrons. The molecular weight excluding hydrogens is 394 g/mol. The van der Waals surface area contributed by atoms with Crippen LogP contribution in [0.4, 0.5) is 13.8 Å². The lowest BCUT2D eigenvalue weighted by molar-refractivity contribution is -0.117. The number of thiophene rings is 1. The van der Waals surface area contributed by atoms with E-state index in [-0.39, 0.29) is 18.4 Å². The van der Waals surface area contributed by atoms with Gasteiger partial charge in [0.15, 0.2) is 11.6 Å². The molecule has 1 atom stereocenters. The topological polar surface area (TPSA) is 58.2 Å². The van der Waals surface area contributed by atoms with Crippen LogP contribution >= 0.6 is 11.3 Å². The van der Waals surface area contributed by atoms with E-state index < -0.39 is 17.5 Å². The van der Waals surface area contributed by atoms with E-state index >= 15 is 0 Å². The number of amides is 2. The van der Waals surface area contributed by atoms with Gasteiger partial charge in [0.1, 0.15) is 5.00 Å². The summed E-state index contributed by atoms with van der Waals surface area (Å²) in [4.78, 5) is 25.3. The summed E-state index contributed by atoms with van der Waals surface area (Å²) in [6.07, 6.45) is 0.624. The zero-order valence-corrected chi connectivity index (χ0v) is 16.6. The van der Waals surface area contributed by atoms with E-state index in [1.54, 1.807) is 11.4 Å². The molecule has 4 nitrogen and oxygen atoms in total. The van der Waals surface area contributed by atoms with Crippen LogP contribution in [0, 0.1) is 11.6 Å². The Balaban J connectivity index is 1.67. The van der Waals surface area contributed by atoms with Crippen LogP contribution in [0.2, 0.25) is 0 Å². The van der Waals surface area contributed by atoms with Gasteiger partial charge in [-0.05, 0) is 41.1 Å². The summed E-state index contributed by atoms with van der Waals surface area (Å²) in [5.74, 6) is -2.81. The number of nitrogens with one attached hydrogen (secondary N) is 2. The van der Waals surface area contributed by atoms with E-state index in [0.29, 0.717) is 22.5 Å². The fraction of sp³-hybridized carbons (Fsp3) is 0.182. The third-order valence-electron chi connectivity index (χ3n) is 4.51. The molecule has 2 amide bonds. The highest BCUT2D eigenvalue weighted by molar-refractivity contribution is 7.14. The van der Waals surface area contributed by atoms with Gasteiger partial charge in [-0.2, -0.15) is 0 Å². The van der Waals surface area contributed by atoms with Crippen molar-refractivity contribution < 1.29 is 18.4 Å². The Morgan fingerprint density at radius 1 is 1.03 bits per heavy atom. The average molecular weight is 414 g/mol. The molecule has 0 fully saturated rings. The van der Waals surface area contributed by atoms with Crippen molar-refractivity contribution in [2.24, 2.45) is 0 Å². The number of anilines is 1. The Hall–Kier alpha value is -3.06. The first-order chi connectivity index (χ1) is 14.0. The smallest absolute Gasteiger partial charge is 0.254 e. The Bertz CT molecular complexity index is 1010. The second-order valence-corrected chi connectivity index (χ2v) is 7.37. The second kappa shape index (κ2) is 9.43. The number of hydrogen-bond acceptors (Lipinski definition) is 3. The third kappa shape index (κ3) is 5.06. The molecule has 0 spiro atoms. The number of hydrogen-bond donors (Lipinski definition) is 2. The van der Waals surface area contributed by atoms with E-state index in [0.717, 1.165) is 17.7 Å². The lowest BCUT2D eigenvalue weighted by Crippen LogP contribution is -2.25. The summed E-state index contributed by atoms with van der Waals surface area (Å²) in [6.45, 7) is 1.97. The first kappa shape index (κ1) is 20.7. The zero-order chi connectivity index (χ0) is 20.8. The highest BCUT2D eigenvalue weighted by Gasteiger charge is 2.21. The van der Waals surface area contributed by atoms with Crippen molar-refractivity contribution in [3.05, 3.63) is 88.3 Å². The monoisotopic (exact) mass is 414 g/mol. The van der Waals surface area contributed by atoms with Crippen molar-refractivity contribution in [2.45, 2.75) is 25.8 Å². The SMILES string of the molecule is CCC(C(=O)Nc1sccc1C(=O)NCc1ccc(F)c(F)c1)c1ccccc1. The maximum Gasteiger partial charge on any atom is 0.254 e. The van der Waals surface area contributed by atoms with Crippen LogP contribution in [-0.4, -0.2) is 11.8 Å². The molecule has 0 aliphatic heterocycles. The number of halogens is 2. The Morgan fingerprint density at radius 2 is 1.79 bits per heavy atom. The number of carbonyl (C=O) groups is 2. The fourth-order valence-electron chi connectivity index (χ4n) is 2.97. The summed E-state index contributed by atoms with van der Waals surface area (Å²) >= 11 is 1.25. The van der Waals surface area contributed by atoms with Crippen molar-refractivity contribution in [3.63, 3.8) is 0 Å². The molecule has 3 rings (SSSR count). The molecule has 7 heteroatoms. The van der Waals surface area contributed by atoms with Crippen LogP contribution in [-0.2, 0) is 11.3 Å². The Kier molecular flexibility index (Phi) is 6.72. The molecule has 0 radical (unpaired) electrons. The number of carbonyl (C=O) groups excluding carboxylic acids is 2. The molecule has 1 heterocycles. The first-order valence-corrected chi connectivity index (χ1v) is 10.0. The van der Waals surface area contributed by atoms with Crippen LogP contribution in [0.15, 0.2) is 60.0 Å². The van der Waals surface area contributed by atoms with Crippen LogP contribution in [0.3, 0.4) is 0 Å². The van der Waals surface area contributed by atoms with Crippen molar-refractivity contribution in [3.8, 4) is 0 Å². The van der Waals surface area contributed by atoms with E-state index in [9.17, 15) is 18.4 Å². The Labute approximate surface area is 171 Å². The van der Waals surface area contributed by atoms with Gasteiger partial charge in [0.2, 0.25) is 5.91 Å². The minimum Gasteiger partial charge on any atom is -0.348 e. The molecule has 0 saturated carbocycles. The summed E-state index contributed by atoms with van der Waals surface area (Å²) in [5, 5.41) is 7.67. The van der Waals surface area contributed by atoms with Gasteiger partial charge in [-0.25, -0.2) is 8.78 Å². The highest BCUT2D eigenvalue weighted by atomic mass is 32.1. The molecule has 0 aliphatic rings. The number of rotatable bonds is 7. The molecule has 0 aliphatic carbocycles. The lowest BCUT2D eigenvalue weighted by Gasteiger charge is -2.15. The molecular formula is C22H20F2N2O2S. The van der Waals surface area contributed by atoms with Crippen LogP contribution in [0.5, 0.6) is 0 Å². The van der Waals surface area contributed by atoms with E-state index in [4.69, 9.17) is 0 Å². The maximum absolute atomic E-state index is 13.3. The fourth-order valence-corrected chi connectivity index (χ4v) is 3.76. The van der Waals surface area contributed by atoms with Gasteiger partial charge in [-0.15, -0.1) is 11.3 Å². The highest BCUT2D eigenvalue weighted by Crippen LogP contribution is 2.27. The molecule has 2 aromatic carbocycles. The average Bonchev–Trinajstić information content (AvgIpc) is 3.18. The van der Waals surface area contributed by atoms with Gasteiger partial charge in [0.05, 0.1) is 11.5 Å². The van der Waals surface area contributed by atoms with Crippen LogP contribution in [0.1, 0.15) is 40.7 Å². The van der Waals surface area contributed by atoms with Crippen LogP contribution < -0.4 is 10.6 Å². The van der Waals surface area contributed by atoms with Crippen LogP contribution in [0.25, 0.3) is 0 Å². The lowest BCUT2D eigenvalue weighted by atomic mass is 9.96. The standard InChI is InChI=1S/C22H20F2N2O2S/c1-2-16(15-6-4-3-5-7-15)21(28)26-22-17(10-11-29-22)20(27)25-13-14-8-9-18(23)19(24)12-14/h3-12,16H,2,13H2,1H3,(H,25,27)(H,26,28). The predicted molar refractivity (Wildman–Crippen MR) is 110 cm³/mol. The van der Waals surface area contributed by atoms with E-state index in [2.05, 4.69) is 10.6 Å². The van der Waals surface area contributed by atoms with Gasteiger partial charge in [-0.3, -0.25) is 9.59 Å². The second-order valence-electron chi connectivity index (χ2n) is 6.46.